The lowest BCUT2D eigenvalue weighted by atomic mass is 10.1. The first kappa shape index (κ1) is 19.1. The molecular formula is C19H20N2O5S. The van der Waals surface area contributed by atoms with E-state index in [0.717, 1.165) is 4.88 Å². The molecule has 1 amide bonds. The number of carbonyl (C=O) groups excluding carboxylic acids is 2. The van der Waals surface area contributed by atoms with Gasteiger partial charge in [-0.2, -0.15) is 0 Å². The van der Waals surface area contributed by atoms with Gasteiger partial charge >= 0.3 is 5.97 Å². The number of amides is 1. The molecule has 0 spiro atoms. The van der Waals surface area contributed by atoms with Crippen LogP contribution in [0.1, 0.15) is 16.5 Å². The number of hydrogen-bond acceptors (Lipinski definition) is 7. The van der Waals surface area contributed by atoms with Crippen molar-refractivity contribution in [1.82, 2.24) is 4.90 Å². The molecule has 0 radical (unpaired) electrons. The summed E-state index contributed by atoms with van der Waals surface area (Å²) in [7, 11) is 1.25. The zero-order valence-electron chi connectivity index (χ0n) is 14.7. The Hall–Kier alpha value is -2.68. The van der Waals surface area contributed by atoms with Crippen molar-refractivity contribution in [2.24, 2.45) is 0 Å². The third-order valence-corrected chi connectivity index (χ3v) is 5.16. The third kappa shape index (κ3) is 4.02. The molecule has 8 heteroatoms. The van der Waals surface area contributed by atoms with Gasteiger partial charge in [-0.25, -0.2) is 4.79 Å². The van der Waals surface area contributed by atoms with Crippen molar-refractivity contribution in [3.05, 3.63) is 63.5 Å². The zero-order chi connectivity index (χ0) is 19.4. The SMILES string of the molecule is COC(=O)C1=C(Nc2cccc(C(O)c3cccs3)c2)C(=O)N(CCO)C1. The molecule has 7 nitrogen and oxygen atoms in total. The number of β-amino-alcohol motifs (C(OH)–C–C–N with tert-alkyl or cyclic N) is 1. The lowest BCUT2D eigenvalue weighted by Crippen LogP contribution is -2.31. The first-order chi connectivity index (χ1) is 13.0. The van der Waals surface area contributed by atoms with Gasteiger partial charge in [-0.3, -0.25) is 4.79 Å². The third-order valence-electron chi connectivity index (χ3n) is 4.24. The molecule has 2 aromatic rings. The van der Waals surface area contributed by atoms with Gasteiger partial charge in [-0.1, -0.05) is 18.2 Å². The number of carbonyl (C=O) groups is 2. The number of thiophene rings is 1. The van der Waals surface area contributed by atoms with Gasteiger partial charge in [0.05, 0.1) is 25.8 Å². The molecule has 0 saturated carbocycles. The summed E-state index contributed by atoms with van der Waals surface area (Å²) in [6, 6.07) is 10.7. The van der Waals surface area contributed by atoms with Gasteiger partial charge in [0, 0.05) is 17.1 Å². The summed E-state index contributed by atoms with van der Waals surface area (Å²) in [5.74, 6) is -0.977. The normalized spacial score (nSPS) is 15.2. The summed E-state index contributed by atoms with van der Waals surface area (Å²) in [5, 5.41) is 24.5. The van der Waals surface area contributed by atoms with Crippen LogP contribution in [-0.4, -0.2) is 53.8 Å². The van der Waals surface area contributed by atoms with E-state index in [1.807, 2.05) is 17.5 Å². The number of hydrogen-bond donors (Lipinski definition) is 3. The summed E-state index contributed by atoms with van der Waals surface area (Å²) in [5.41, 5.74) is 1.57. The highest BCUT2D eigenvalue weighted by Gasteiger charge is 2.34. The fourth-order valence-corrected chi connectivity index (χ4v) is 3.63. The Morgan fingerprint density at radius 3 is 2.85 bits per heavy atom. The average molecular weight is 388 g/mol. The summed E-state index contributed by atoms with van der Waals surface area (Å²) in [6.45, 7) is 0.00349. The van der Waals surface area contributed by atoms with E-state index in [4.69, 9.17) is 9.84 Å². The molecule has 0 aliphatic carbocycles. The van der Waals surface area contributed by atoms with E-state index >= 15 is 0 Å². The summed E-state index contributed by atoms with van der Waals surface area (Å²) < 4.78 is 4.77. The first-order valence-electron chi connectivity index (χ1n) is 8.35. The number of anilines is 1. The Labute approximate surface area is 160 Å². The monoisotopic (exact) mass is 388 g/mol. The Morgan fingerprint density at radius 2 is 2.19 bits per heavy atom. The van der Waals surface area contributed by atoms with Crippen LogP contribution in [0.15, 0.2) is 53.0 Å². The van der Waals surface area contributed by atoms with Crippen molar-refractivity contribution in [2.75, 3.05) is 32.1 Å². The van der Waals surface area contributed by atoms with Crippen LogP contribution >= 0.6 is 11.3 Å². The molecule has 1 aromatic carbocycles. The van der Waals surface area contributed by atoms with Crippen LogP contribution in [0.2, 0.25) is 0 Å². The van der Waals surface area contributed by atoms with Gasteiger partial charge in [0.15, 0.2) is 0 Å². The summed E-state index contributed by atoms with van der Waals surface area (Å²) in [6.07, 6.45) is -0.772. The van der Waals surface area contributed by atoms with Crippen LogP contribution in [0.5, 0.6) is 0 Å². The molecule has 27 heavy (non-hydrogen) atoms. The second kappa shape index (κ2) is 8.34. The highest BCUT2D eigenvalue weighted by Crippen LogP contribution is 2.29. The summed E-state index contributed by atoms with van der Waals surface area (Å²) >= 11 is 1.45. The minimum Gasteiger partial charge on any atom is -0.466 e. The smallest absolute Gasteiger partial charge is 0.337 e. The van der Waals surface area contributed by atoms with Crippen LogP contribution in [0, 0.1) is 0 Å². The molecule has 2 heterocycles. The number of rotatable bonds is 7. The highest BCUT2D eigenvalue weighted by atomic mass is 32.1. The van der Waals surface area contributed by atoms with Crippen molar-refractivity contribution in [3.8, 4) is 0 Å². The molecule has 0 saturated heterocycles. The van der Waals surface area contributed by atoms with Crippen LogP contribution < -0.4 is 5.32 Å². The number of esters is 1. The molecule has 1 aliphatic rings. The maximum atomic E-state index is 12.6. The topological polar surface area (TPSA) is 99.1 Å². The van der Waals surface area contributed by atoms with Crippen LogP contribution in [0.3, 0.4) is 0 Å². The van der Waals surface area contributed by atoms with Gasteiger partial charge in [0.25, 0.3) is 5.91 Å². The number of nitrogens with one attached hydrogen (secondary N) is 1. The number of aliphatic hydroxyl groups excluding tert-OH is 2. The molecule has 1 aliphatic heterocycles. The van der Waals surface area contributed by atoms with Crippen LogP contribution in [-0.2, 0) is 14.3 Å². The van der Waals surface area contributed by atoms with Crippen molar-refractivity contribution >= 4 is 28.9 Å². The predicted octanol–water partition coefficient (Wildman–Crippen LogP) is 1.50. The first-order valence-corrected chi connectivity index (χ1v) is 9.23. The number of methoxy groups -OCH3 is 1. The van der Waals surface area contributed by atoms with Crippen LogP contribution in [0.25, 0.3) is 0 Å². The van der Waals surface area contributed by atoms with E-state index in [0.29, 0.717) is 11.3 Å². The predicted molar refractivity (Wildman–Crippen MR) is 101 cm³/mol. The number of benzene rings is 1. The second-order valence-corrected chi connectivity index (χ2v) is 6.94. The fraction of sp³-hybridized carbons (Fsp3) is 0.263. The summed E-state index contributed by atoms with van der Waals surface area (Å²) in [4.78, 5) is 26.8. The Bertz CT molecular complexity index is 863. The molecule has 0 bridgehead atoms. The minimum atomic E-state index is -0.772. The average Bonchev–Trinajstić information content (AvgIpc) is 3.32. The Kier molecular flexibility index (Phi) is 5.90. The minimum absolute atomic E-state index is 0.0753. The molecule has 3 N–H and O–H groups in total. The van der Waals surface area contributed by atoms with Crippen molar-refractivity contribution in [1.29, 1.82) is 0 Å². The molecule has 1 aromatic heterocycles. The Morgan fingerprint density at radius 1 is 1.37 bits per heavy atom. The maximum absolute atomic E-state index is 12.6. The van der Waals surface area contributed by atoms with Crippen molar-refractivity contribution in [2.45, 2.75) is 6.10 Å². The quantitative estimate of drug-likeness (QED) is 0.622. The second-order valence-electron chi connectivity index (χ2n) is 5.96. The number of nitrogens with zero attached hydrogens (tertiary/aromatic N) is 1. The molecule has 1 unspecified atom stereocenters. The van der Waals surface area contributed by atoms with E-state index in [2.05, 4.69) is 5.32 Å². The van der Waals surface area contributed by atoms with Gasteiger partial charge in [-0.05, 0) is 29.1 Å². The molecule has 1 atom stereocenters. The lowest BCUT2D eigenvalue weighted by Gasteiger charge is -2.15. The van der Waals surface area contributed by atoms with Gasteiger partial charge in [0.1, 0.15) is 11.8 Å². The van der Waals surface area contributed by atoms with Gasteiger partial charge < -0.3 is 25.2 Å². The van der Waals surface area contributed by atoms with Crippen molar-refractivity contribution < 1.29 is 24.5 Å². The van der Waals surface area contributed by atoms with Crippen LogP contribution in [0.4, 0.5) is 5.69 Å². The van der Waals surface area contributed by atoms with E-state index in [1.165, 1.54) is 23.3 Å². The largest absolute Gasteiger partial charge is 0.466 e. The van der Waals surface area contributed by atoms with Crippen molar-refractivity contribution in [3.63, 3.8) is 0 Å². The molecule has 142 valence electrons. The van der Waals surface area contributed by atoms with E-state index in [1.54, 1.807) is 24.3 Å². The molecule has 3 rings (SSSR count). The van der Waals surface area contributed by atoms with E-state index in [9.17, 15) is 14.7 Å². The standard InChI is InChI=1S/C19H20N2O5S/c1-26-19(25)14-11-21(7-8-22)18(24)16(14)20-13-5-2-4-12(10-13)17(23)15-6-3-9-27-15/h2-6,9-10,17,20,22-23H,7-8,11H2,1H3. The van der Waals surface area contributed by atoms with Gasteiger partial charge in [0.2, 0.25) is 0 Å². The molecular weight excluding hydrogens is 368 g/mol. The maximum Gasteiger partial charge on any atom is 0.337 e. The van der Waals surface area contributed by atoms with Gasteiger partial charge in [-0.15, -0.1) is 11.3 Å². The highest BCUT2D eigenvalue weighted by molar-refractivity contribution is 7.10. The fourth-order valence-electron chi connectivity index (χ4n) is 2.89. The lowest BCUT2D eigenvalue weighted by molar-refractivity contribution is -0.136. The zero-order valence-corrected chi connectivity index (χ0v) is 15.5. The number of ether oxygens (including phenoxy) is 1. The van der Waals surface area contributed by atoms with E-state index < -0.39 is 12.1 Å². The van der Waals surface area contributed by atoms with E-state index in [-0.39, 0.29) is 36.9 Å². The molecule has 0 fully saturated rings. The number of aliphatic hydroxyl groups is 2. The Balaban J connectivity index is 1.87.